The lowest BCUT2D eigenvalue weighted by atomic mass is 10.1. The van der Waals surface area contributed by atoms with Crippen LogP contribution in [0.25, 0.3) is 0 Å². The van der Waals surface area contributed by atoms with E-state index in [4.69, 9.17) is 15.2 Å². The molecule has 2 N–H and O–H groups in total. The second-order valence-electron chi connectivity index (χ2n) is 3.67. The summed E-state index contributed by atoms with van der Waals surface area (Å²) >= 11 is 1.48. The summed E-state index contributed by atoms with van der Waals surface area (Å²) in [5.41, 5.74) is 5.52. The van der Waals surface area contributed by atoms with Gasteiger partial charge in [-0.05, 0) is 19.3 Å². The van der Waals surface area contributed by atoms with E-state index in [2.05, 4.69) is 4.98 Å². The molecular weight excluding hydrogens is 212 g/mol. The van der Waals surface area contributed by atoms with E-state index in [0.717, 1.165) is 17.9 Å². The van der Waals surface area contributed by atoms with Gasteiger partial charge >= 0.3 is 0 Å². The number of thiazole rings is 1. The Bertz CT molecular complexity index is 297. The Hall–Kier alpha value is -0.650. The highest BCUT2D eigenvalue weighted by atomic mass is 32.1. The molecule has 1 fully saturated rings. The number of rotatable bonds is 4. The van der Waals surface area contributed by atoms with Crippen molar-refractivity contribution in [3.63, 3.8) is 0 Å². The zero-order valence-electron chi connectivity index (χ0n) is 8.65. The van der Waals surface area contributed by atoms with Crippen LogP contribution in [0.2, 0.25) is 0 Å². The Labute approximate surface area is 93.4 Å². The van der Waals surface area contributed by atoms with Gasteiger partial charge in [-0.25, -0.2) is 4.98 Å². The van der Waals surface area contributed by atoms with Crippen molar-refractivity contribution in [1.82, 2.24) is 4.98 Å². The summed E-state index contributed by atoms with van der Waals surface area (Å²) in [7, 11) is 0. The van der Waals surface area contributed by atoms with Crippen LogP contribution in [0.5, 0.6) is 0 Å². The van der Waals surface area contributed by atoms with Gasteiger partial charge in [0.1, 0.15) is 0 Å². The molecule has 2 rings (SSSR count). The van der Waals surface area contributed by atoms with Crippen molar-refractivity contribution in [2.24, 2.45) is 0 Å². The monoisotopic (exact) mass is 228 g/mol. The summed E-state index contributed by atoms with van der Waals surface area (Å²) in [6, 6.07) is 0. The molecule has 1 atom stereocenters. The maximum atomic E-state index is 5.56. The van der Waals surface area contributed by atoms with Crippen LogP contribution >= 0.6 is 11.3 Å². The first-order valence-corrected chi connectivity index (χ1v) is 6.06. The van der Waals surface area contributed by atoms with Crippen molar-refractivity contribution in [2.75, 3.05) is 18.9 Å². The zero-order valence-corrected chi connectivity index (χ0v) is 9.46. The van der Waals surface area contributed by atoms with E-state index in [9.17, 15) is 0 Å². The van der Waals surface area contributed by atoms with Crippen LogP contribution in [0.4, 0.5) is 5.13 Å². The highest BCUT2D eigenvalue weighted by Gasteiger charge is 2.13. The molecule has 1 aromatic rings. The predicted molar refractivity (Wildman–Crippen MR) is 59.8 cm³/mol. The fraction of sp³-hybridized carbons (Fsp3) is 0.700. The van der Waals surface area contributed by atoms with E-state index in [1.54, 1.807) is 6.20 Å². The van der Waals surface area contributed by atoms with E-state index in [0.29, 0.717) is 18.3 Å². The molecule has 4 nitrogen and oxygen atoms in total. The Kier molecular flexibility index (Phi) is 3.94. The molecule has 0 spiro atoms. The minimum absolute atomic E-state index is 0.281. The maximum Gasteiger partial charge on any atom is 0.180 e. The summed E-state index contributed by atoms with van der Waals surface area (Å²) in [5, 5.41) is 0.600. The first-order chi connectivity index (χ1) is 7.34. The maximum absolute atomic E-state index is 5.56. The van der Waals surface area contributed by atoms with Crippen LogP contribution < -0.4 is 5.73 Å². The highest BCUT2D eigenvalue weighted by Crippen LogP contribution is 2.17. The van der Waals surface area contributed by atoms with Gasteiger partial charge in [-0.1, -0.05) is 11.3 Å². The Morgan fingerprint density at radius 3 is 3.20 bits per heavy atom. The summed E-state index contributed by atoms with van der Waals surface area (Å²) < 4.78 is 11.1. The lowest BCUT2D eigenvalue weighted by molar-refractivity contribution is -0.0443. The molecular formula is C10H16N2O2S. The molecule has 1 aromatic heterocycles. The van der Waals surface area contributed by atoms with Crippen molar-refractivity contribution < 1.29 is 9.47 Å². The fourth-order valence-electron chi connectivity index (χ4n) is 1.62. The molecule has 84 valence electrons. The molecule has 0 radical (unpaired) electrons. The molecule has 0 aliphatic carbocycles. The Morgan fingerprint density at radius 1 is 1.60 bits per heavy atom. The number of hydrogen-bond donors (Lipinski definition) is 1. The first kappa shape index (κ1) is 10.9. The van der Waals surface area contributed by atoms with Gasteiger partial charge in [-0.2, -0.15) is 0 Å². The third kappa shape index (κ3) is 3.44. The molecule has 1 unspecified atom stereocenters. The van der Waals surface area contributed by atoms with E-state index >= 15 is 0 Å². The van der Waals surface area contributed by atoms with Gasteiger partial charge in [0.05, 0.1) is 24.2 Å². The van der Waals surface area contributed by atoms with Gasteiger partial charge in [-0.3, -0.25) is 0 Å². The largest absolute Gasteiger partial charge is 0.376 e. The normalized spacial score (nSPS) is 21.7. The van der Waals surface area contributed by atoms with Crippen LogP contribution in [-0.2, 0) is 16.1 Å². The van der Waals surface area contributed by atoms with Gasteiger partial charge in [0, 0.05) is 12.8 Å². The first-order valence-electron chi connectivity index (χ1n) is 5.24. The summed E-state index contributed by atoms with van der Waals surface area (Å²) in [6.07, 6.45) is 5.60. The minimum Gasteiger partial charge on any atom is -0.376 e. The third-order valence-corrected chi connectivity index (χ3v) is 3.19. The molecule has 15 heavy (non-hydrogen) atoms. The molecule has 1 aliphatic heterocycles. The molecule has 0 aromatic carbocycles. The Morgan fingerprint density at radius 2 is 2.53 bits per heavy atom. The number of aromatic nitrogens is 1. The van der Waals surface area contributed by atoms with Crippen LogP contribution in [-0.4, -0.2) is 24.3 Å². The van der Waals surface area contributed by atoms with Crippen molar-refractivity contribution in [2.45, 2.75) is 32.0 Å². The van der Waals surface area contributed by atoms with Gasteiger partial charge in [0.25, 0.3) is 0 Å². The quantitative estimate of drug-likeness (QED) is 0.854. The molecule has 0 bridgehead atoms. The summed E-state index contributed by atoms with van der Waals surface area (Å²) in [5.74, 6) is 0. The van der Waals surface area contributed by atoms with E-state index in [1.165, 1.54) is 24.2 Å². The smallest absolute Gasteiger partial charge is 0.180 e. The van der Waals surface area contributed by atoms with Gasteiger partial charge in [0.2, 0.25) is 0 Å². The van der Waals surface area contributed by atoms with Crippen LogP contribution in [0, 0.1) is 0 Å². The van der Waals surface area contributed by atoms with Crippen molar-refractivity contribution in [3.8, 4) is 0 Å². The van der Waals surface area contributed by atoms with Gasteiger partial charge < -0.3 is 15.2 Å². The van der Waals surface area contributed by atoms with E-state index < -0.39 is 0 Å². The topological polar surface area (TPSA) is 57.4 Å². The number of nitrogens with two attached hydrogens (primary N) is 1. The molecule has 5 heteroatoms. The lowest BCUT2D eigenvalue weighted by Gasteiger charge is -2.22. The van der Waals surface area contributed by atoms with E-state index in [-0.39, 0.29) is 6.10 Å². The number of nitrogens with zero attached hydrogens (tertiary/aromatic N) is 1. The lowest BCUT2D eigenvalue weighted by Crippen LogP contribution is -2.24. The standard InChI is InChI=1S/C10H16N2O2S/c11-10-12-5-9(15-10)7-13-6-8-3-1-2-4-14-8/h5,8H,1-4,6-7H2,(H2,11,12). The van der Waals surface area contributed by atoms with Crippen molar-refractivity contribution in [1.29, 1.82) is 0 Å². The van der Waals surface area contributed by atoms with Crippen LogP contribution in [0.15, 0.2) is 6.20 Å². The molecule has 1 saturated heterocycles. The van der Waals surface area contributed by atoms with Crippen LogP contribution in [0.3, 0.4) is 0 Å². The molecule has 0 amide bonds. The number of hydrogen-bond acceptors (Lipinski definition) is 5. The van der Waals surface area contributed by atoms with Crippen molar-refractivity contribution in [3.05, 3.63) is 11.1 Å². The average Bonchev–Trinajstić information content (AvgIpc) is 2.66. The fourth-order valence-corrected chi connectivity index (χ4v) is 2.24. The van der Waals surface area contributed by atoms with Gasteiger partial charge in [0.15, 0.2) is 5.13 Å². The van der Waals surface area contributed by atoms with Gasteiger partial charge in [-0.15, -0.1) is 0 Å². The molecule has 0 saturated carbocycles. The second-order valence-corrected chi connectivity index (χ2v) is 4.82. The minimum atomic E-state index is 0.281. The number of ether oxygens (including phenoxy) is 2. The SMILES string of the molecule is Nc1ncc(COCC2CCCCO2)s1. The molecule has 1 aliphatic rings. The van der Waals surface area contributed by atoms with E-state index in [1.807, 2.05) is 0 Å². The number of nitrogen functional groups attached to an aromatic ring is 1. The second kappa shape index (κ2) is 5.44. The molecule has 2 heterocycles. The Balaban J connectivity index is 1.65. The summed E-state index contributed by atoms with van der Waals surface area (Å²) in [4.78, 5) is 5.04. The van der Waals surface area contributed by atoms with Crippen LogP contribution in [0.1, 0.15) is 24.1 Å². The highest BCUT2D eigenvalue weighted by molar-refractivity contribution is 7.15. The zero-order chi connectivity index (χ0) is 10.5. The predicted octanol–water partition coefficient (Wildman–Crippen LogP) is 1.81. The average molecular weight is 228 g/mol. The third-order valence-electron chi connectivity index (χ3n) is 2.39. The summed E-state index contributed by atoms with van der Waals surface area (Å²) in [6.45, 7) is 2.15. The van der Waals surface area contributed by atoms with Crippen molar-refractivity contribution >= 4 is 16.5 Å². The number of anilines is 1.